The molecule has 0 aliphatic carbocycles. The molecule has 24 heavy (non-hydrogen) atoms. The maximum absolute atomic E-state index is 13.6. The number of benzene rings is 2. The smallest absolute Gasteiger partial charge is 0.234 e. The molecule has 5 heteroatoms. The number of aryl methyl sites for hydroxylation is 2. The van der Waals surface area contributed by atoms with E-state index in [2.05, 4.69) is 12.2 Å². The van der Waals surface area contributed by atoms with Crippen LogP contribution >= 0.6 is 11.8 Å². The fourth-order valence-corrected chi connectivity index (χ4v) is 3.21. The SMILES string of the molecule is CCc1cccc(C)c1NC(=O)CSCc1ccc(OC)c(F)c1. The van der Waals surface area contributed by atoms with Crippen molar-refractivity contribution >= 4 is 23.4 Å². The summed E-state index contributed by atoms with van der Waals surface area (Å²) in [7, 11) is 1.44. The third-order valence-electron chi connectivity index (χ3n) is 3.72. The van der Waals surface area contributed by atoms with Crippen LogP contribution < -0.4 is 10.1 Å². The van der Waals surface area contributed by atoms with Gasteiger partial charge in [0.2, 0.25) is 5.91 Å². The van der Waals surface area contributed by atoms with E-state index in [9.17, 15) is 9.18 Å². The third kappa shape index (κ3) is 4.74. The van der Waals surface area contributed by atoms with Gasteiger partial charge in [-0.05, 0) is 42.2 Å². The summed E-state index contributed by atoms with van der Waals surface area (Å²) in [6, 6.07) is 10.9. The predicted octanol–water partition coefficient (Wildman–Crippen LogP) is 4.58. The number of ether oxygens (including phenoxy) is 1. The van der Waals surface area contributed by atoms with E-state index in [-0.39, 0.29) is 17.5 Å². The van der Waals surface area contributed by atoms with E-state index < -0.39 is 0 Å². The number of nitrogens with one attached hydrogen (secondary N) is 1. The maximum atomic E-state index is 13.6. The number of carbonyl (C=O) groups excluding carboxylic acids is 1. The van der Waals surface area contributed by atoms with E-state index in [1.54, 1.807) is 6.07 Å². The van der Waals surface area contributed by atoms with Gasteiger partial charge in [-0.3, -0.25) is 4.79 Å². The molecular weight excluding hydrogens is 325 g/mol. The third-order valence-corrected chi connectivity index (χ3v) is 4.73. The van der Waals surface area contributed by atoms with E-state index in [1.165, 1.54) is 24.9 Å². The molecule has 0 radical (unpaired) electrons. The fourth-order valence-electron chi connectivity index (χ4n) is 2.44. The van der Waals surface area contributed by atoms with Crippen LogP contribution in [0, 0.1) is 12.7 Å². The first-order valence-corrected chi connectivity index (χ1v) is 8.99. The molecule has 0 bridgehead atoms. The molecule has 0 aliphatic rings. The summed E-state index contributed by atoms with van der Waals surface area (Å²) in [6.45, 7) is 4.06. The topological polar surface area (TPSA) is 38.3 Å². The molecule has 0 aromatic heterocycles. The number of para-hydroxylation sites is 1. The number of carbonyl (C=O) groups is 1. The molecule has 0 unspecified atom stereocenters. The molecule has 1 N–H and O–H groups in total. The first-order chi connectivity index (χ1) is 11.5. The maximum Gasteiger partial charge on any atom is 0.234 e. The Morgan fingerprint density at radius 2 is 2.08 bits per heavy atom. The Morgan fingerprint density at radius 3 is 2.75 bits per heavy atom. The van der Waals surface area contributed by atoms with Gasteiger partial charge in [-0.25, -0.2) is 4.39 Å². The second-order valence-corrected chi connectivity index (χ2v) is 6.46. The highest BCUT2D eigenvalue weighted by molar-refractivity contribution is 7.99. The zero-order chi connectivity index (χ0) is 17.5. The van der Waals surface area contributed by atoms with Crippen LogP contribution in [-0.2, 0) is 17.0 Å². The first-order valence-electron chi connectivity index (χ1n) is 7.83. The molecule has 2 rings (SSSR count). The van der Waals surface area contributed by atoms with Crippen molar-refractivity contribution in [3.8, 4) is 5.75 Å². The lowest BCUT2D eigenvalue weighted by atomic mass is 10.1. The lowest BCUT2D eigenvalue weighted by molar-refractivity contribution is -0.113. The zero-order valence-electron chi connectivity index (χ0n) is 14.2. The number of thioether (sulfide) groups is 1. The highest BCUT2D eigenvalue weighted by Crippen LogP contribution is 2.23. The quantitative estimate of drug-likeness (QED) is 0.797. The Balaban J connectivity index is 1.89. The average Bonchev–Trinajstić information content (AvgIpc) is 2.57. The van der Waals surface area contributed by atoms with Crippen molar-refractivity contribution < 1.29 is 13.9 Å². The van der Waals surface area contributed by atoms with Crippen molar-refractivity contribution in [2.24, 2.45) is 0 Å². The number of hydrogen-bond donors (Lipinski definition) is 1. The number of halogens is 1. The monoisotopic (exact) mass is 347 g/mol. The van der Waals surface area contributed by atoms with Gasteiger partial charge in [-0.1, -0.05) is 31.2 Å². The Labute approximate surface area is 146 Å². The summed E-state index contributed by atoms with van der Waals surface area (Å²) in [5.41, 5.74) is 3.92. The van der Waals surface area contributed by atoms with Crippen molar-refractivity contribution in [2.75, 3.05) is 18.2 Å². The highest BCUT2D eigenvalue weighted by Gasteiger charge is 2.09. The molecule has 0 saturated heterocycles. The Hall–Kier alpha value is -2.01. The Bertz CT molecular complexity index is 719. The van der Waals surface area contributed by atoms with Crippen LogP contribution in [0.25, 0.3) is 0 Å². The van der Waals surface area contributed by atoms with Gasteiger partial charge in [0, 0.05) is 11.4 Å². The van der Waals surface area contributed by atoms with E-state index in [0.29, 0.717) is 11.5 Å². The van der Waals surface area contributed by atoms with Crippen LogP contribution in [0.4, 0.5) is 10.1 Å². The van der Waals surface area contributed by atoms with Gasteiger partial charge in [0.25, 0.3) is 0 Å². The minimum Gasteiger partial charge on any atom is -0.494 e. The lowest BCUT2D eigenvalue weighted by Gasteiger charge is -2.13. The minimum absolute atomic E-state index is 0.0435. The summed E-state index contributed by atoms with van der Waals surface area (Å²) < 4.78 is 18.5. The van der Waals surface area contributed by atoms with Crippen molar-refractivity contribution in [1.82, 2.24) is 0 Å². The summed E-state index contributed by atoms with van der Waals surface area (Å²) in [4.78, 5) is 12.2. The average molecular weight is 347 g/mol. The van der Waals surface area contributed by atoms with Gasteiger partial charge in [0.15, 0.2) is 11.6 Å². The molecule has 2 aromatic carbocycles. The first kappa shape index (κ1) is 18.3. The molecule has 0 heterocycles. The molecule has 128 valence electrons. The van der Waals surface area contributed by atoms with Gasteiger partial charge in [0.05, 0.1) is 12.9 Å². The molecule has 0 spiro atoms. The summed E-state index contributed by atoms with van der Waals surface area (Å²) in [5, 5.41) is 2.99. The lowest BCUT2D eigenvalue weighted by Crippen LogP contribution is -2.16. The standard InChI is InChI=1S/C19H22FNO2S/c1-4-15-7-5-6-13(2)19(15)21-18(22)12-24-11-14-8-9-17(23-3)16(20)10-14/h5-10H,4,11-12H2,1-3H3,(H,21,22). The van der Waals surface area contributed by atoms with E-state index in [1.807, 2.05) is 31.2 Å². The highest BCUT2D eigenvalue weighted by atomic mass is 32.2. The fraction of sp³-hybridized carbons (Fsp3) is 0.316. The van der Waals surface area contributed by atoms with Gasteiger partial charge in [-0.2, -0.15) is 0 Å². The molecule has 0 saturated carbocycles. The number of anilines is 1. The van der Waals surface area contributed by atoms with Crippen LogP contribution in [0.5, 0.6) is 5.75 Å². The van der Waals surface area contributed by atoms with E-state index in [4.69, 9.17) is 4.74 Å². The van der Waals surface area contributed by atoms with Crippen LogP contribution in [0.15, 0.2) is 36.4 Å². The number of methoxy groups -OCH3 is 1. The van der Waals surface area contributed by atoms with Crippen LogP contribution in [-0.4, -0.2) is 18.8 Å². The van der Waals surface area contributed by atoms with Crippen LogP contribution in [0.1, 0.15) is 23.6 Å². The van der Waals surface area contributed by atoms with Gasteiger partial charge < -0.3 is 10.1 Å². The molecule has 0 fully saturated rings. The van der Waals surface area contributed by atoms with Gasteiger partial charge >= 0.3 is 0 Å². The molecular formula is C19H22FNO2S. The van der Waals surface area contributed by atoms with Gasteiger partial charge in [-0.15, -0.1) is 11.8 Å². The zero-order valence-corrected chi connectivity index (χ0v) is 15.0. The predicted molar refractivity (Wildman–Crippen MR) is 98.3 cm³/mol. The van der Waals surface area contributed by atoms with Crippen LogP contribution in [0.3, 0.4) is 0 Å². The molecule has 0 atom stereocenters. The van der Waals surface area contributed by atoms with Crippen molar-refractivity contribution in [1.29, 1.82) is 0 Å². The number of amides is 1. The summed E-state index contributed by atoms with van der Waals surface area (Å²) in [5.74, 6) is 0.701. The summed E-state index contributed by atoms with van der Waals surface area (Å²) >= 11 is 1.46. The second kappa shape index (κ2) is 8.73. The Morgan fingerprint density at radius 1 is 1.29 bits per heavy atom. The van der Waals surface area contributed by atoms with Crippen molar-refractivity contribution in [3.63, 3.8) is 0 Å². The molecule has 3 nitrogen and oxygen atoms in total. The van der Waals surface area contributed by atoms with Crippen molar-refractivity contribution in [2.45, 2.75) is 26.0 Å². The molecule has 2 aromatic rings. The minimum atomic E-state index is -0.382. The number of hydrogen-bond acceptors (Lipinski definition) is 3. The van der Waals surface area contributed by atoms with Crippen molar-refractivity contribution in [3.05, 3.63) is 58.9 Å². The molecule has 0 aliphatic heterocycles. The second-order valence-electron chi connectivity index (χ2n) is 5.47. The van der Waals surface area contributed by atoms with E-state index >= 15 is 0 Å². The van der Waals surface area contributed by atoms with E-state index in [0.717, 1.165) is 28.8 Å². The normalized spacial score (nSPS) is 10.5. The number of rotatable bonds is 7. The summed E-state index contributed by atoms with van der Waals surface area (Å²) in [6.07, 6.45) is 0.871. The van der Waals surface area contributed by atoms with Crippen LogP contribution in [0.2, 0.25) is 0 Å². The Kier molecular flexibility index (Phi) is 6.67. The largest absolute Gasteiger partial charge is 0.494 e. The van der Waals surface area contributed by atoms with Gasteiger partial charge in [0.1, 0.15) is 0 Å². The molecule has 1 amide bonds.